The molecule has 0 aliphatic carbocycles. The Balaban J connectivity index is 1.47. The highest BCUT2D eigenvalue weighted by Crippen LogP contribution is 2.31. The Morgan fingerprint density at radius 2 is 1.40 bits per heavy atom. The van der Waals surface area contributed by atoms with Gasteiger partial charge in [0.2, 0.25) is 0 Å². The average molecular weight is 489 g/mol. The summed E-state index contributed by atoms with van der Waals surface area (Å²) in [6, 6.07) is 17.9. The van der Waals surface area contributed by atoms with Gasteiger partial charge in [-0.3, -0.25) is 14.4 Å². The lowest BCUT2D eigenvalue weighted by Gasteiger charge is -2.16. The molecule has 176 valence electrons. The molecule has 0 bridgehead atoms. The molecule has 0 aromatic heterocycles. The molecule has 8 heteroatoms. The molecule has 1 aliphatic heterocycles. The molecule has 4 rings (SSSR count). The van der Waals surface area contributed by atoms with Gasteiger partial charge in [0.05, 0.1) is 11.3 Å². The molecule has 0 fully saturated rings. The normalized spacial score (nSPS) is 13.3. The van der Waals surface area contributed by atoms with E-state index in [2.05, 4.69) is 5.32 Å². The third-order valence-corrected chi connectivity index (χ3v) is 5.70. The smallest absolute Gasteiger partial charge is 0.343 e. The number of hydrogen-bond acceptors (Lipinski definition) is 6. The Bertz CT molecular complexity index is 1370. The molecule has 0 unspecified atom stereocenters. The van der Waals surface area contributed by atoms with E-state index >= 15 is 0 Å². The maximum Gasteiger partial charge on any atom is 0.343 e. The van der Waals surface area contributed by atoms with Gasteiger partial charge in [0.25, 0.3) is 11.8 Å². The number of hydrogen-bond donors (Lipinski definition) is 1. The van der Waals surface area contributed by atoms with Crippen molar-refractivity contribution in [1.82, 2.24) is 0 Å². The number of Topliss-reactive ketones (excluding diaryl/α,β-unsaturated/α-hetero) is 1. The molecule has 7 nitrogen and oxygen atoms in total. The van der Waals surface area contributed by atoms with E-state index in [1.54, 1.807) is 48.5 Å². The molecule has 3 aromatic rings. The number of anilines is 2. The predicted octanol–water partition coefficient (Wildman–Crippen LogP) is 5.16. The first-order valence-corrected chi connectivity index (χ1v) is 11.1. The molecule has 35 heavy (non-hydrogen) atoms. The van der Waals surface area contributed by atoms with Gasteiger partial charge in [-0.05, 0) is 92.6 Å². The summed E-state index contributed by atoms with van der Waals surface area (Å²) in [5, 5.41) is 2.67. The van der Waals surface area contributed by atoms with Gasteiger partial charge in [-0.25, -0.2) is 9.69 Å². The summed E-state index contributed by atoms with van der Waals surface area (Å²) in [5.41, 5.74) is 3.48. The van der Waals surface area contributed by atoms with Crippen LogP contribution in [0.4, 0.5) is 11.4 Å². The van der Waals surface area contributed by atoms with E-state index < -0.39 is 17.8 Å². The number of carbonyl (C=O) groups is 4. The number of carbonyl (C=O) groups excluding carboxylic acids is 4. The fourth-order valence-electron chi connectivity index (χ4n) is 3.68. The predicted molar refractivity (Wildman–Crippen MR) is 133 cm³/mol. The number of ether oxygens (including phenoxy) is 1. The Morgan fingerprint density at radius 1 is 0.829 bits per heavy atom. The van der Waals surface area contributed by atoms with E-state index in [1.165, 1.54) is 19.1 Å². The van der Waals surface area contributed by atoms with Gasteiger partial charge >= 0.3 is 5.97 Å². The molecule has 1 heterocycles. The van der Waals surface area contributed by atoms with Crippen molar-refractivity contribution in [3.63, 3.8) is 0 Å². The topological polar surface area (TPSA) is 92.8 Å². The Kier molecular flexibility index (Phi) is 6.53. The summed E-state index contributed by atoms with van der Waals surface area (Å²) in [5.74, 6) is -1.54. The number of esters is 1. The van der Waals surface area contributed by atoms with Crippen LogP contribution in [0.2, 0.25) is 0 Å². The van der Waals surface area contributed by atoms with Gasteiger partial charge in [0, 0.05) is 11.3 Å². The van der Waals surface area contributed by atoms with Crippen LogP contribution in [0.1, 0.15) is 38.8 Å². The summed E-state index contributed by atoms with van der Waals surface area (Å²) in [6.07, 6.45) is 0. The molecule has 0 radical (unpaired) electrons. The van der Waals surface area contributed by atoms with Crippen molar-refractivity contribution in [2.75, 3.05) is 10.2 Å². The average Bonchev–Trinajstić information content (AvgIpc) is 3.02. The lowest BCUT2D eigenvalue weighted by Crippen LogP contribution is -2.32. The maximum atomic E-state index is 13.0. The van der Waals surface area contributed by atoms with Gasteiger partial charge in [-0.1, -0.05) is 17.7 Å². The van der Waals surface area contributed by atoms with Crippen LogP contribution in [-0.4, -0.2) is 23.6 Å². The van der Waals surface area contributed by atoms with Crippen molar-refractivity contribution in [3.8, 4) is 5.75 Å². The van der Waals surface area contributed by atoms with Crippen molar-refractivity contribution in [2.24, 2.45) is 0 Å². The highest BCUT2D eigenvalue weighted by atomic mass is 35.5. The number of amides is 2. The molecular weight excluding hydrogens is 468 g/mol. The van der Waals surface area contributed by atoms with Crippen LogP contribution in [0, 0.1) is 13.8 Å². The van der Waals surface area contributed by atoms with Gasteiger partial charge < -0.3 is 10.1 Å². The first kappa shape index (κ1) is 23.9. The Morgan fingerprint density at radius 3 is 1.97 bits per heavy atom. The van der Waals surface area contributed by atoms with E-state index in [0.29, 0.717) is 22.7 Å². The third-order valence-electron chi connectivity index (χ3n) is 5.35. The van der Waals surface area contributed by atoms with Crippen LogP contribution >= 0.6 is 11.6 Å². The largest absolute Gasteiger partial charge is 0.423 e. The summed E-state index contributed by atoms with van der Waals surface area (Å²) in [4.78, 5) is 50.6. The monoisotopic (exact) mass is 488 g/mol. The number of benzene rings is 3. The van der Waals surface area contributed by atoms with Gasteiger partial charge in [0.15, 0.2) is 5.78 Å². The fourth-order valence-corrected chi connectivity index (χ4v) is 3.90. The van der Waals surface area contributed by atoms with E-state index in [1.807, 2.05) is 19.9 Å². The minimum atomic E-state index is -0.611. The highest BCUT2D eigenvalue weighted by molar-refractivity contribution is 6.53. The van der Waals surface area contributed by atoms with Gasteiger partial charge in [-0.15, -0.1) is 0 Å². The standard InChI is InChI=1S/C27H21ClN2O5/c1-15-12-16(2)14-21(13-15)30-25(32)23(28)24(26(30)33)29-20-8-4-19(5-9-20)27(34)35-22-10-6-18(7-11-22)17(3)31/h4-14,29H,1-3H3. The molecule has 0 saturated carbocycles. The SMILES string of the molecule is CC(=O)c1ccc(OC(=O)c2ccc(NC3=C(Cl)C(=O)N(c4cc(C)cc(C)c4)C3=O)cc2)cc1. The second kappa shape index (κ2) is 9.56. The quantitative estimate of drug-likeness (QED) is 0.223. The zero-order chi connectivity index (χ0) is 25.3. The minimum absolute atomic E-state index is 0.0447. The number of imide groups is 1. The van der Waals surface area contributed by atoms with Crippen molar-refractivity contribution in [2.45, 2.75) is 20.8 Å². The van der Waals surface area contributed by atoms with E-state index in [-0.39, 0.29) is 22.1 Å². The Labute approximate surface area is 207 Å². The second-order valence-corrected chi connectivity index (χ2v) is 8.53. The van der Waals surface area contributed by atoms with Gasteiger partial charge in [0.1, 0.15) is 16.5 Å². The zero-order valence-electron chi connectivity index (χ0n) is 19.2. The summed E-state index contributed by atoms with van der Waals surface area (Å²) < 4.78 is 5.33. The summed E-state index contributed by atoms with van der Waals surface area (Å²) in [6.45, 7) is 5.21. The number of ketones is 1. The molecule has 1 N–H and O–H groups in total. The zero-order valence-corrected chi connectivity index (χ0v) is 20.0. The van der Waals surface area contributed by atoms with Crippen LogP contribution in [0.5, 0.6) is 5.75 Å². The van der Waals surface area contributed by atoms with Crippen molar-refractivity contribution < 1.29 is 23.9 Å². The molecule has 0 atom stereocenters. The molecule has 2 amide bonds. The van der Waals surface area contributed by atoms with E-state index in [0.717, 1.165) is 16.0 Å². The lowest BCUT2D eigenvalue weighted by atomic mass is 10.1. The first-order valence-electron chi connectivity index (χ1n) is 10.7. The van der Waals surface area contributed by atoms with Crippen molar-refractivity contribution in [1.29, 1.82) is 0 Å². The van der Waals surface area contributed by atoms with Gasteiger partial charge in [-0.2, -0.15) is 0 Å². The van der Waals surface area contributed by atoms with E-state index in [4.69, 9.17) is 16.3 Å². The fraction of sp³-hybridized carbons (Fsp3) is 0.111. The summed E-state index contributed by atoms with van der Waals surface area (Å²) in [7, 11) is 0. The van der Waals surface area contributed by atoms with Crippen LogP contribution in [0.3, 0.4) is 0 Å². The van der Waals surface area contributed by atoms with Crippen molar-refractivity contribution in [3.05, 3.63) is 99.7 Å². The Hall–Kier alpha value is -4.23. The highest BCUT2D eigenvalue weighted by Gasteiger charge is 2.39. The molecule has 0 spiro atoms. The van der Waals surface area contributed by atoms with Crippen LogP contribution in [-0.2, 0) is 9.59 Å². The molecular formula is C27H21ClN2O5. The molecule has 0 saturated heterocycles. The first-order chi connectivity index (χ1) is 16.6. The van der Waals surface area contributed by atoms with Crippen LogP contribution in [0.15, 0.2) is 77.5 Å². The number of nitrogens with zero attached hydrogens (tertiary/aromatic N) is 1. The molecule has 3 aromatic carbocycles. The lowest BCUT2D eigenvalue weighted by molar-refractivity contribution is -0.120. The number of nitrogens with one attached hydrogen (secondary N) is 1. The number of halogens is 1. The third kappa shape index (κ3) is 5.00. The minimum Gasteiger partial charge on any atom is -0.423 e. The number of aryl methyl sites for hydroxylation is 2. The van der Waals surface area contributed by atoms with Crippen LogP contribution in [0.25, 0.3) is 0 Å². The maximum absolute atomic E-state index is 13.0. The van der Waals surface area contributed by atoms with Crippen LogP contribution < -0.4 is 15.0 Å². The number of rotatable bonds is 6. The second-order valence-electron chi connectivity index (χ2n) is 8.15. The summed E-state index contributed by atoms with van der Waals surface area (Å²) >= 11 is 6.21. The molecule has 1 aliphatic rings. The van der Waals surface area contributed by atoms with E-state index in [9.17, 15) is 19.2 Å². The van der Waals surface area contributed by atoms with Crippen molar-refractivity contribution >= 4 is 46.5 Å².